The Morgan fingerprint density at radius 1 is 0.923 bits per heavy atom. The third-order valence-corrected chi connectivity index (χ3v) is 6.82. The van der Waals surface area contributed by atoms with Crippen LogP contribution >= 0.6 is 0 Å². The average molecular weight is 522 g/mol. The van der Waals surface area contributed by atoms with E-state index in [0.717, 1.165) is 35.4 Å². The lowest BCUT2D eigenvalue weighted by Gasteiger charge is -2.31. The number of hydrogen-bond donors (Lipinski definition) is 3. The molecule has 0 spiro atoms. The van der Waals surface area contributed by atoms with Crippen molar-refractivity contribution in [3.05, 3.63) is 108 Å². The third-order valence-electron chi connectivity index (χ3n) is 6.82. The van der Waals surface area contributed by atoms with Crippen LogP contribution in [0, 0.1) is 5.41 Å². The van der Waals surface area contributed by atoms with Crippen molar-refractivity contribution in [1.29, 1.82) is 5.41 Å². The Labute approximate surface area is 227 Å². The molecule has 2 heterocycles. The minimum absolute atomic E-state index is 0.117. The van der Waals surface area contributed by atoms with E-state index in [1.165, 1.54) is 0 Å². The van der Waals surface area contributed by atoms with Gasteiger partial charge in [-0.25, -0.2) is 4.79 Å². The van der Waals surface area contributed by atoms with Crippen molar-refractivity contribution in [1.82, 2.24) is 9.88 Å². The first-order valence-electron chi connectivity index (χ1n) is 12.9. The van der Waals surface area contributed by atoms with E-state index in [0.29, 0.717) is 35.8 Å². The van der Waals surface area contributed by atoms with E-state index < -0.39 is 0 Å². The number of carbonyl (C=O) groups is 1. The second-order valence-electron chi connectivity index (χ2n) is 9.51. The van der Waals surface area contributed by atoms with E-state index in [1.807, 2.05) is 84.9 Å². The lowest BCUT2D eigenvalue weighted by Crippen LogP contribution is -2.38. The monoisotopic (exact) mass is 521 g/mol. The molecule has 0 atom stereocenters. The van der Waals surface area contributed by atoms with Gasteiger partial charge in [-0.2, -0.15) is 0 Å². The first-order chi connectivity index (χ1) is 19.0. The molecule has 0 radical (unpaired) electrons. The van der Waals surface area contributed by atoms with Crippen molar-refractivity contribution < 1.29 is 14.3 Å². The van der Waals surface area contributed by atoms with E-state index in [4.69, 9.17) is 31.3 Å². The molecule has 1 aromatic heterocycles. The predicted molar refractivity (Wildman–Crippen MR) is 152 cm³/mol. The molecule has 1 aliphatic heterocycles. The number of aromatic nitrogens is 1. The van der Waals surface area contributed by atoms with Gasteiger partial charge in [0, 0.05) is 36.0 Å². The van der Waals surface area contributed by atoms with Crippen LogP contribution in [0.1, 0.15) is 35.6 Å². The molecular formula is C31H31N5O3. The summed E-state index contributed by atoms with van der Waals surface area (Å²) in [5.74, 6) is 1.41. The standard InChI is InChI=1S/C31H31N5O3/c32-26-19-27(22-15-17-36(18-16-22)31(37)38-20-21-7-3-1-4-8-21)35-29(28(26)30(33)34)23-11-13-25(14-12-23)39-24-9-5-2-6-10-24/h1-14,19,22H,15-18,20H2,(H2,32,35)(H3,33,34). The number of amidine groups is 1. The van der Waals surface area contributed by atoms with Crippen molar-refractivity contribution in [2.24, 2.45) is 5.73 Å². The van der Waals surface area contributed by atoms with Crippen LogP contribution in [0.5, 0.6) is 11.5 Å². The molecule has 5 rings (SSSR count). The fraction of sp³-hybridized carbons (Fsp3) is 0.194. The minimum atomic E-state index is -0.310. The Morgan fingerprint density at radius 2 is 1.54 bits per heavy atom. The van der Waals surface area contributed by atoms with Gasteiger partial charge in [-0.1, -0.05) is 48.5 Å². The molecule has 8 nitrogen and oxygen atoms in total. The number of hydrogen-bond acceptors (Lipinski definition) is 6. The van der Waals surface area contributed by atoms with Crippen LogP contribution in [0.2, 0.25) is 0 Å². The number of para-hydroxylation sites is 1. The number of nitrogens with two attached hydrogens (primary N) is 2. The second kappa shape index (κ2) is 11.7. The SMILES string of the molecule is N=C(N)c1c(N)cc(C2CCN(C(=O)OCc3ccccc3)CC2)nc1-c1ccc(Oc2ccccc2)cc1. The van der Waals surface area contributed by atoms with Gasteiger partial charge in [-0.3, -0.25) is 10.4 Å². The van der Waals surface area contributed by atoms with E-state index >= 15 is 0 Å². The number of rotatable bonds is 7. The lowest BCUT2D eigenvalue weighted by atomic mass is 9.91. The summed E-state index contributed by atoms with van der Waals surface area (Å²) in [6, 6.07) is 28.5. The zero-order chi connectivity index (χ0) is 27.2. The quantitative estimate of drug-likeness (QED) is 0.204. The summed E-state index contributed by atoms with van der Waals surface area (Å²) in [5.41, 5.74) is 16.3. The molecule has 0 unspecified atom stereocenters. The van der Waals surface area contributed by atoms with Crippen LogP contribution in [0.15, 0.2) is 91.0 Å². The van der Waals surface area contributed by atoms with Gasteiger partial charge in [-0.05, 0) is 60.9 Å². The van der Waals surface area contributed by atoms with Crippen LogP contribution in [0.25, 0.3) is 11.3 Å². The fourth-order valence-electron chi connectivity index (χ4n) is 4.76. The van der Waals surface area contributed by atoms with Crippen molar-refractivity contribution in [2.75, 3.05) is 18.8 Å². The number of anilines is 1. The number of piperidine rings is 1. The number of likely N-dealkylation sites (tertiary alicyclic amines) is 1. The largest absolute Gasteiger partial charge is 0.457 e. The maximum atomic E-state index is 12.6. The van der Waals surface area contributed by atoms with Gasteiger partial charge in [0.1, 0.15) is 23.9 Å². The Bertz CT molecular complexity index is 1430. The Kier molecular flexibility index (Phi) is 7.73. The number of nitrogen functional groups attached to an aromatic ring is 2. The Hall–Kier alpha value is -4.85. The van der Waals surface area contributed by atoms with Crippen LogP contribution in [-0.2, 0) is 11.3 Å². The van der Waals surface area contributed by atoms with Crippen LogP contribution in [0.3, 0.4) is 0 Å². The summed E-state index contributed by atoms with van der Waals surface area (Å²) < 4.78 is 11.4. The van der Waals surface area contributed by atoms with E-state index in [9.17, 15) is 4.79 Å². The molecule has 0 aliphatic carbocycles. The van der Waals surface area contributed by atoms with Crippen molar-refractivity contribution in [3.8, 4) is 22.8 Å². The number of benzene rings is 3. The van der Waals surface area contributed by atoms with E-state index in [2.05, 4.69) is 0 Å². The van der Waals surface area contributed by atoms with Gasteiger partial charge in [-0.15, -0.1) is 0 Å². The van der Waals surface area contributed by atoms with Gasteiger partial charge in [0.2, 0.25) is 0 Å². The molecule has 39 heavy (non-hydrogen) atoms. The molecule has 3 aromatic carbocycles. The normalized spacial score (nSPS) is 13.6. The summed E-state index contributed by atoms with van der Waals surface area (Å²) in [6.07, 6.45) is 1.15. The third kappa shape index (κ3) is 6.18. The highest BCUT2D eigenvalue weighted by Gasteiger charge is 2.27. The zero-order valence-electron chi connectivity index (χ0n) is 21.5. The van der Waals surface area contributed by atoms with Crippen molar-refractivity contribution in [2.45, 2.75) is 25.4 Å². The molecular weight excluding hydrogens is 490 g/mol. The predicted octanol–water partition coefficient (Wildman–Crippen LogP) is 5.92. The number of carbonyl (C=O) groups excluding carboxylic acids is 1. The summed E-state index contributed by atoms with van der Waals surface area (Å²) in [6.45, 7) is 1.38. The molecule has 1 aliphatic rings. The molecule has 4 aromatic rings. The molecule has 8 heteroatoms. The van der Waals surface area contributed by atoms with Gasteiger partial charge in [0.05, 0.1) is 11.3 Å². The fourth-order valence-corrected chi connectivity index (χ4v) is 4.76. The van der Waals surface area contributed by atoms with Gasteiger partial charge < -0.3 is 25.8 Å². The van der Waals surface area contributed by atoms with Crippen LogP contribution < -0.4 is 16.2 Å². The lowest BCUT2D eigenvalue weighted by molar-refractivity contribution is 0.0868. The molecule has 198 valence electrons. The van der Waals surface area contributed by atoms with Gasteiger partial charge in [0.15, 0.2) is 0 Å². The number of amides is 1. The van der Waals surface area contributed by atoms with Crippen LogP contribution in [0.4, 0.5) is 10.5 Å². The summed E-state index contributed by atoms with van der Waals surface area (Å²) in [5, 5.41) is 8.12. The first kappa shape index (κ1) is 25.8. The van der Waals surface area contributed by atoms with Gasteiger partial charge in [0.25, 0.3) is 0 Å². The maximum Gasteiger partial charge on any atom is 0.410 e. The van der Waals surface area contributed by atoms with Crippen molar-refractivity contribution >= 4 is 17.6 Å². The van der Waals surface area contributed by atoms with Crippen LogP contribution in [-0.4, -0.2) is 34.9 Å². The zero-order valence-corrected chi connectivity index (χ0v) is 21.5. The smallest absolute Gasteiger partial charge is 0.410 e. The van der Waals surface area contributed by atoms with Crippen molar-refractivity contribution in [3.63, 3.8) is 0 Å². The minimum Gasteiger partial charge on any atom is -0.457 e. The first-order valence-corrected chi connectivity index (χ1v) is 12.9. The highest BCUT2D eigenvalue weighted by atomic mass is 16.6. The molecule has 0 saturated carbocycles. The number of ether oxygens (including phenoxy) is 2. The highest BCUT2D eigenvalue weighted by molar-refractivity contribution is 6.05. The average Bonchev–Trinajstić information content (AvgIpc) is 2.97. The van der Waals surface area contributed by atoms with E-state index in [-0.39, 0.29) is 24.5 Å². The second-order valence-corrected chi connectivity index (χ2v) is 9.51. The number of nitrogens with one attached hydrogen (secondary N) is 1. The number of pyridine rings is 1. The molecule has 0 bridgehead atoms. The Balaban J connectivity index is 1.29. The summed E-state index contributed by atoms with van der Waals surface area (Å²) in [7, 11) is 0. The highest BCUT2D eigenvalue weighted by Crippen LogP contribution is 2.34. The Morgan fingerprint density at radius 3 is 2.18 bits per heavy atom. The topological polar surface area (TPSA) is 128 Å². The molecule has 5 N–H and O–H groups in total. The number of nitrogens with zero attached hydrogens (tertiary/aromatic N) is 2. The maximum absolute atomic E-state index is 12.6. The molecule has 1 saturated heterocycles. The van der Waals surface area contributed by atoms with E-state index in [1.54, 1.807) is 11.0 Å². The molecule has 1 amide bonds. The summed E-state index contributed by atoms with van der Waals surface area (Å²) >= 11 is 0. The summed E-state index contributed by atoms with van der Waals surface area (Å²) in [4.78, 5) is 19.3. The van der Waals surface area contributed by atoms with Gasteiger partial charge >= 0.3 is 6.09 Å². The molecule has 1 fully saturated rings.